The van der Waals surface area contributed by atoms with Crippen LogP contribution in [-0.4, -0.2) is 11.7 Å². The predicted octanol–water partition coefficient (Wildman–Crippen LogP) is 5.00. The van der Waals surface area contributed by atoms with Crippen LogP contribution in [0.3, 0.4) is 0 Å². The Morgan fingerprint density at radius 2 is 1.42 bits per heavy atom. The zero-order valence-corrected chi connectivity index (χ0v) is 15.5. The fourth-order valence-corrected chi connectivity index (χ4v) is 4.57. The lowest BCUT2D eigenvalue weighted by atomic mass is 9.73. The van der Waals surface area contributed by atoms with Crippen LogP contribution >= 0.6 is 23.2 Å². The van der Waals surface area contributed by atoms with E-state index >= 15 is 0 Å². The Balaban J connectivity index is 1.76. The quantitative estimate of drug-likeness (QED) is 0.790. The molecule has 0 unspecified atom stereocenters. The highest BCUT2D eigenvalue weighted by Gasteiger charge is 2.39. The summed E-state index contributed by atoms with van der Waals surface area (Å²) in [4.78, 5) is 25.3. The molecule has 2 aromatic rings. The zero-order chi connectivity index (χ0) is 18.3. The minimum absolute atomic E-state index is 0.0276. The first-order chi connectivity index (χ1) is 12.5. The molecule has 0 spiro atoms. The highest BCUT2D eigenvalue weighted by molar-refractivity contribution is 6.32. The van der Waals surface area contributed by atoms with Gasteiger partial charge in [0.15, 0.2) is 5.78 Å². The summed E-state index contributed by atoms with van der Waals surface area (Å²) in [5.41, 5.74) is 3.19. The number of Topliss-reactive ketones (excluding diaryl/α,β-unsaturated/α-hetero) is 1. The van der Waals surface area contributed by atoms with Gasteiger partial charge in [-0.05, 0) is 35.6 Å². The first-order valence-corrected chi connectivity index (χ1v) is 9.35. The molecule has 4 rings (SSSR count). The van der Waals surface area contributed by atoms with Crippen LogP contribution in [0.25, 0.3) is 0 Å². The van der Waals surface area contributed by atoms with E-state index in [9.17, 15) is 9.59 Å². The number of hydrogen-bond acceptors (Lipinski definition) is 2. The Labute approximate surface area is 162 Å². The molecule has 0 aromatic heterocycles. The van der Waals surface area contributed by atoms with Crippen molar-refractivity contribution >= 4 is 34.9 Å². The van der Waals surface area contributed by atoms with Crippen molar-refractivity contribution in [3.63, 3.8) is 0 Å². The summed E-state index contributed by atoms with van der Waals surface area (Å²) in [5.74, 6) is -0.338. The van der Waals surface area contributed by atoms with E-state index in [2.05, 4.69) is 5.32 Å². The Bertz CT molecular complexity index is 935. The maximum absolute atomic E-state index is 13.0. The molecule has 0 radical (unpaired) electrons. The molecule has 0 saturated carbocycles. The number of allylic oxidation sites excluding steroid dienone is 2. The SMILES string of the molecule is O=C1C[C@@H](c2ccccc2Cl)C2=C(C[C@@H](c3ccccc3Cl)CC2=O)N1. The highest BCUT2D eigenvalue weighted by atomic mass is 35.5. The third kappa shape index (κ3) is 3.06. The predicted molar refractivity (Wildman–Crippen MR) is 102 cm³/mol. The molecule has 1 aliphatic heterocycles. The van der Waals surface area contributed by atoms with Gasteiger partial charge in [0, 0.05) is 40.1 Å². The molecule has 26 heavy (non-hydrogen) atoms. The van der Waals surface area contributed by atoms with Crippen LogP contribution < -0.4 is 5.32 Å². The number of nitrogens with one attached hydrogen (secondary N) is 1. The monoisotopic (exact) mass is 385 g/mol. The van der Waals surface area contributed by atoms with E-state index < -0.39 is 0 Å². The zero-order valence-electron chi connectivity index (χ0n) is 14.0. The van der Waals surface area contributed by atoms with E-state index in [0.29, 0.717) is 34.2 Å². The summed E-state index contributed by atoms with van der Waals surface area (Å²) in [6.07, 6.45) is 1.22. The Morgan fingerprint density at radius 1 is 0.808 bits per heavy atom. The fraction of sp³-hybridized carbons (Fsp3) is 0.238. The number of halogens is 2. The van der Waals surface area contributed by atoms with Gasteiger partial charge in [-0.3, -0.25) is 9.59 Å². The van der Waals surface area contributed by atoms with Crippen LogP contribution in [0.4, 0.5) is 0 Å². The van der Waals surface area contributed by atoms with Gasteiger partial charge < -0.3 is 5.32 Å². The molecule has 1 amide bonds. The number of ketones is 1. The van der Waals surface area contributed by atoms with Crippen molar-refractivity contribution in [3.8, 4) is 0 Å². The summed E-state index contributed by atoms with van der Waals surface area (Å²) in [5, 5.41) is 4.16. The smallest absolute Gasteiger partial charge is 0.225 e. The third-order valence-corrected chi connectivity index (χ3v) is 5.85. The molecular weight excluding hydrogens is 369 g/mol. The maximum atomic E-state index is 13.0. The molecule has 1 heterocycles. The number of amides is 1. The van der Waals surface area contributed by atoms with Crippen molar-refractivity contribution in [1.82, 2.24) is 5.32 Å². The molecule has 1 N–H and O–H groups in total. The van der Waals surface area contributed by atoms with Gasteiger partial charge in [-0.1, -0.05) is 59.6 Å². The van der Waals surface area contributed by atoms with Crippen molar-refractivity contribution in [1.29, 1.82) is 0 Å². The Kier molecular flexibility index (Phi) is 4.60. The third-order valence-electron chi connectivity index (χ3n) is 5.16. The molecule has 1 aliphatic carbocycles. The number of carbonyl (C=O) groups is 2. The molecule has 0 bridgehead atoms. The van der Waals surface area contributed by atoms with Gasteiger partial charge in [0.1, 0.15) is 0 Å². The molecule has 2 aliphatic rings. The van der Waals surface area contributed by atoms with Crippen molar-refractivity contribution < 1.29 is 9.59 Å². The van der Waals surface area contributed by atoms with E-state index in [1.165, 1.54) is 0 Å². The van der Waals surface area contributed by atoms with Crippen molar-refractivity contribution in [2.24, 2.45) is 0 Å². The minimum Gasteiger partial charge on any atom is -0.329 e. The van der Waals surface area contributed by atoms with E-state index in [1.54, 1.807) is 6.07 Å². The van der Waals surface area contributed by atoms with Gasteiger partial charge in [0.25, 0.3) is 0 Å². The highest BCUT2D eigenvalue weighted by Crippen LogP contribution is 2.44. The lowest BCUT2D eigenvalue weighted by Crippen LogP contribution is -2.38. The van der Waals surface area contributed by atoms with Crippen LogP contribution in [-0.2, 0) is 9.59 Å². The van der Waals surface area contributed by atoms with Gasteiger partial charge >= 0.3 is 0 Å². The van der Waals surface area contributed by atoms with Crippen molar-refractivity contribution in [3.05, 3.63) is 81.0 Å². The number of carbonyl (C=O) groups excluding carboxylic acids is 2. The topological polar surface area (TPSA) is 46.2 Å². The molecule has 0 fully saturated rings. The molecule has 132 valence electrons. The molecule has 5 heteroatoms. The number of rotatable bonds is 2. The normalized spacial score (nSPS) is 22.8. The molecule has 2 atom stereocenters. The van der Waals surface area contributed by atoms with Gasteiger partial charge in [0.2, 0.25) is 5.91 Å². The van der Waals surface area contributed by atoms with E-state index in [-0.39, 0.29) is 29.9 Å². The summed E-state index contributed by atoms with van der Waals surface area (Å²) in [6, 6.07) is 15.0. The molecular formula is C21H17Cl2NO2. The first kappa shape index (κ1) is 17.3. The second-order valence-corrected chi connectivity index (χ2v) is 7.58. The van der Waals surface area contributed by atoms with Gasteiger partial charge in [-0.25, -0.2) is 0 Å². The number of benzene rings is 2. The Morgan fingerprint density at radius 3 is 2.08 bits per heavy atom. The van der Waals surface area contributed by atoms with Crippen LogP contribution in [0.1, 0.15) is 42.2 Å². The van der Waals surface area contributed by atoms with Crippen LogP contribution in [0.5, 0.6) is 0 Å². The van der Waals surface area contributed by atoms with Crippen molar-refractivity contribution in [2.75, 3.05) is 0 Å². The second kappa shape index (κ2) is 6.90. The summed E-state index contributed by atoms with van der Waals surface area (Å²) >= 11 is 12.7. The Hall–Kier alpha value is -2.10. The average Bonchev–Trinajstić information content (AvgIpc) is 2.61. The van der Waals surface area contributed by atoms with Gasteiger partial charge in [-0.2, -0.15) is 0 Å². The fourth-order valence-electron chi connectivity index (χ4n) is 4.01. The van der Waals surface area contributed by atoms with Gasteiger partial charge in [0.05, 0.1) is 0 Å². The maximum Gasteiger partial charge on any atom is 0.225 e. The molecule has 0 saturated heterocycles. The summed E-state index contributed by atoms with van der Waals surface area (Å²) < 4.78 is 0. The van der Waals surface area contributed by atoms with Crippen molar-refractivity contribution in [2.45, 2.75) is 31.1 Å². The summed E-state index contributed by atoms with van der Waals surface area (Å²) in [7, 11) is 0. The second-order valence-electron chi connectivity index (χ2n) is 6.77. The van der Waals surface area contributed by atoms with Crippen LogP contribution in [0, 0.1) is 0 Å². The lowest BCUT2D eigenvalue weighted by molar-refractivity contribution is -0.122. The van der Waals surface area contributed by atoms with Gasteiger partial charge in [-0.15, -0.1) is 0 Å². The average molecular weight is 386 g/mol. The van der Waals surface area contributed by atoms with E-state index in [1.807, 2.05) is 42.5 Å². The van der Waals surface area contributed by atoms with E-state index in [4.69, 9.17) is 23.2 Å². The largest absolute Gasteiger partial charge is 0.329 e. The van der Waals surface area contributed by atoms with Crippen LogP contribution in [0.2, 0.25) is 10.0 Å². The first-order valence-electron chi connectivity index (χ1n) is 8.59. The standard InChI is InChI=1S/C21H17Cl2NO2/c22-16-7-3-1-5-13(16)12-9-18-21(19(25)10-12)15(11-20(26)24-18)14-6-2-4-8-17(14)23/h1-8,12,15H,9-11H2,(H,24,26)/t12-,15+/m1/s1. The molecule has 3 nitrogen and oxygen atoms in total. The van der Waals surface area contributed by atoms with E-state index in [0.717, 1.165) is 11.1 Å². The minimum atomic E-state index is -0.285. The molecule has 2 aromatic carbocycles. The summed E-state index contributed by atoms with van der Waals surface area (Å²) in [6.45, 7) is 0. The lowest BCUT2D eigenvalue weighted by Gasteiger charge is -2.35. The van der Waals surface area contributed by atoms with Crippen LogP contribution in [0.15, 0.2) is 59.8 Å². The number of hydrogen-bond donors (Lipinski definition) is 1.